The van der Waals surface area contributed by atoms with Gasteiger partial charge in [-0.3, -0.25) is 0 Å². The quantitative estimate of drug-likeness (QED) is 0.502. The molecule has 0 spiro atoms. The van der Waals surface area contributed by atoms with Crippen molar-refractivity contribution >= 4 is 11.8 Å². The van der Waals surface area contributed by atoms with E-state index >= 15 is 0 Å². The molecule has 0 aromatic heterocycles. The zero-order chi connectivity index (χ0) is 18.3. The Hall–Kier alpha value is -0.470. The molecule has 0 aliphatic carbocycles. The van der Waals surface area contributed by atoms with Crippen molar-refractivity contribution in [3.63, 3.8) is 0 Å². The minimum atomic E-state index is 0.572. The van der Waals surface area contributed by atoms with Crippen molar-refractivity contribution in [2.75, 3.05) is 25.4 Å². The van der Waals surface area contributed by atoms with Crippen LogP contribution in [0.25, 0.3) is 0 Å². The number of rotatable bonds is 6. The summed E-state index contributed by atoms with van der Waals surface area (Å²) in [4.78, 5) is 4.01. The molecular formula is C22H41NS. The summed E-state index contributed by atoms with van der Waals surface area (Å²) in [6.07, 6.45) is 6.78. The predicted molar refractivity (Wildman–Crippen MR) is 113 cm³/mol. The number of hydrogen-bond donors (Lipinski definition) is 0. The number of unbranched alkanes of at least 4 members (excludes halogenated alkanes) is 2. The Kier molecular flexibility index (Phi) is 14.5. The van der Waals surface area contributed by atoms with Gasteiger partial charge in [0.25, 0.3) is 0 Å². The third-order valence-corrected chi connectivity index (χ3v) is 5.33. The molecule has 1 aromatic rings. The number of benzene rings is 1. The van der Waals surface area contributed by atoms with Crippen molar-refractivity contribution in [2.24, 2.45) is 5.41 Å². The van der Waals surface area contributed by atoms with Crippen LogP contribution in [0.3, 0.4) is 0 Å². The van der Waals surface area contributed by atoms with Crippen LogP contribution in [0.5, 0.6) is 0 Å². The predicted octanol–water partition coefficient (Wildman–Crippen LogP) is 7.12. The molecule has 0 amide bonds. The van der Waals surface area contributed by atoms with Gasteiger partial charge >= 0.3 is 0 Å². The maximum absolute atomic E-state index is 2.61. The van der Waals surface area contributed by atoms with E-state index in [4.69, 9.17) is 0 Å². The normalized spacial score (nSPS) is 16.4. The molecule has 2 heteroatoms. The molecule has 140 valence electrons. The molecule has 1 aliphatic rings. The molecule has 1 heterocycles. The second-order valence-corrected chi connectivity index (χ2v) is 8.19. The smallest absolute Gasteiger partial charge is 0.0108 e. The maximum Gasteiger partial charge on any atom is 0.0108 e. The first-order chi connectivity index (χ1) is 11.6. The van der Waals surface area contributed by atoms with Crippen LogP contribution in [0.2, 0.25) is 0 Å². The van der Waals surface area contributed by atoms with Gasteiger partial charge < -0.3 is 4.90 Å². The number of likely N-dealkylation sites (tertiary alicyclic amines) is 1. The first kappa shape index (κ1) is 23.5. The van der Waals surface area contributed by atoms with E-state index in [1.807, 2.05) is 25.6 Å². The fourth-order valence-corrected chi connectivity index (χ4v) is 3.48. The molecule has 1 saturated heterocycles. The Morgan fingerprint density at radius 2 is 1.50 bits per heavy atom. The highest BCUT2D eigenvalue weighted by molar-refractivity contribution is 7.99. The Labute approximate surface area is 156 Å². The largest absolute Gasteiger partial charge is 0.302 e. The van der Waals surface area contributed by atoms with Crippen LogP contribution in [-0.4, -0.2) is 30.3 Å². The summed E-state index contributed by atoms with van der Waals surface area (Å²) in [7, 11) is 0. The molecule has 0 unspecified atom stereocenters. The van der Waals surface area contributed by atoms with E-state index in [2.05, 4.69) is 62.9 Å². The SMILES string of the molecule is CC.CC1(C)CCN(CCSc2ccccc2)CC1.CCCCC. The molecule has 24 heavy (non-hydrogen) atoms. The lowest BCUT2D eigenvalue weighted by Crippen LogP contribution is -2.38. The summed E-state index contributed by atoms with van der Waals surface area (Å²) >= 11 is 1.97. The lowest BCUT2D eigenvalue weighted by atomic mass is 9.83. The molecule has 1 fully saturated rings. The first-order valence-corrected chi connectivity index (χ1v) is 11.0. The van der Waals surface area contributed by atoms with E-state index in [-0.39, 0.29) is 0 Å². The first-order valence-electron chi connectivity index (χ1n) is 9.97. The van der Waals surface area contributed by atoms with E-state index < -0.39 is 0 Å². The van der Waals surface area contributed by atoms with Crippen LogP contribution >= 0.6 is 11.8 Å². The standard InChI is InChI=1S/C15H23NS.C5H12.C2H6/c1-15(2)8-10-16(11-9-15)12-13-17-14-6-4-3-5-7-14;1-3-5-4-2;1-2/h3-7H,8-13H2,1-2H3;3-5H2,1-2H3;1-2H3. The Morgan fingerprint density at radius 3 is 1.96 bits per heavy atom. The van der Waals surface area contributed by atoms with E-state index in [1.165, 1.54) is 62.4 Å². The molecule has 1 aromatic carbocycles. The highest BCUT2D eigenvalue weighted by atomic mass is 32.2. The van der Waals surface area contributed by atoms with Crippen LogP contribution in [0.4, 0.5) is 0 Å². The van der Waals surface area contributed by atoms with Gasteiger partial charge in [0.05, 0.1) is 0 Å². The molecule has 1 nitrogen and oxygen atoms in total. The third-order valence-electron chi connectivity index (χ3n) is 4.34. The summed E-state index contributed by atoms with van der Waals surface area (Å²) in [6.45, 7) is 17.0. The van der Waals surface area contributed by atoms with E-state index in [1.54, 1.807) is 0 Å². The Balaban J connectivity index is 0.000000650. The number of hydrogen-bond acceptors (Lipinski definition) is 2. The zero-order valence-corrected chi connectivity index (χ0v) is 17.9. The second-order valence-electron chi connectivity index (χ2n) is 7.02. The van der Waals surface area contributed by atoms with Crippen molar-refractivity contribution < 1.29 is 0 Å². The fourth-order valence-electron chi connectivity index (χ4n) is 2.54. The summed E-state index contributed by atoms with van der Waals surface area (Å²) in [5, 5.41) is 0. The van der Waals surface area contributed by atoms with Crippen LogP contribution in [0, 0.1) is 5.41 Å². The van der Waals surface area contributed by atoms with Crippen LogP contribution in [-0.2, 0) is 0 Å². The number of piperidine rings is 1. The molecule has 1 aliphatic heterocycles. The van der Waals surface area contributed by atoms with Crippen LogP contribution in [0.1, 0.15) is 73.6 Å². The highest BCUT2D eigenvalue weighted by Gasteiger charge is 2.24. The van der Waals surface area contributed by atoms with Crippen molar-refractivity contribution in [3.05, 3.63) is 30.3 Å². The number of thioether (sulfide) groups is 1. The van der Waals surface area contributed by atoms with Gasteiger partial charge in [-0.2, -0.15) is 0 Å². The molecule has 0 bridgehead atoms. The average Bonchev–Trinajstić information content (AvgIpc) is 2.60. The lowest BCUT2D eigenvalue weighted by Gasteiger charge is -2.36. The van der Waals surface area contributed by atoms with Crippen molar-refractivity contribution in [1.82, 2.24) is 4.90 Å². The summed E-state index contributed by atoms with van der Waals surface area (Å²) < 4.78 is 0. The highest BCUT2D eigenvalue weighted by Crippen LogP contribution is 2.29. The van der Waals surface area contributed by atoms with Crippen molar-refractivity contribution in [2.45, 2.75) is 78.5 Å². The Bertz CT molecular complexity index is 363. The fraction of sp³-hybridized carbons (Fsp3) is 0.727. The third kappa shape index (κ3) is 12.0. The summed E-state index contributed by atoms with van der Waals surface area (Å²) in [5.41, 5.74) is 0.572. The van der Waals surface area contributed by atoms with E-state index in [0.717, 1.165) is 0 Å². The Morgan fingerprint density at radius 1 is 0.958 bits per heavy atom. The second kappa shape index (κ2) is 14.8. The van der Waals surface area contributed by atoms with Crippen LogP contribution < -0.4 is 0 Å². The zero-order valence-electron chi connectivity index (χ0n) is 17.1. The van der Waals surface area contributed by atoms with E-state index in [9.17, 15) is 0 Å². The maximum atomic E-state index is 2.61. The van der Waals surface area contributed by atoms with Gasteiger partial charge in [-0.1, -0.05) is 79.0 Å². The summed E-state index contributed by atoms with van der Waals surface area (Å²) in [6, 6.07) is 10.7. The van der Waals surface area contributed by atoms with Gasteiger partial charge in [-0.15, -0.1) is 11.8 Å². The molecule has 0 atom stereocenters. The van der Waals surface area contributed by atoms with Gasteiger partial charge in [-0.05, 0) is 43.5 Å². The minimum Gasteiger partial charge on any atom is -0.302 e. The monoisotopic (exact) mass is 351 g/mol. The number of nitrogens with zero attached hydrogens (tertiary/aromatic N) is 1. The molecule has 0 saturated carbocycles. The van der Waals surface area contributed by atoms with Gasteiger partial charge in [0.2, 0.25) is 0 Å². The molecule has 2 rings (SSSR count). The van der Waals surface area contributed by atoms with Gasteiger partial charge in [0.1, 0.15) is 0 Å². The van der Waals surface area contributed by atoms with Crippen molar-refractivity contribution in [3.8, 4) is 0 Å². The van der Waals surface area contributed by atoms with Crippen molar-refractivity contribution in [1.29, 1.82) is 0 Å². The minimum absolute atomic E-state index is 0.572. The molecule has 0 radical (unpaired) electrons. The summed E-state index contributed by atoms with van der Waals surface area (Å²) in [5.74, 6) is 1.21. The van der Waals surface area contributed by atoms with Gasteiger partial charge in [0.15, 0.2) is 0 Å². The topological polar surface area (TPSA) is 3.24 Å². The van der Waals surface area contributed by atoms with E-state index in [0.29, 0.717) is 5.41 Å². The van der Waals surface area contributed by atoms with Gasteiger partial charge in [0, 0.05) is 17.2 Å². The molecule has 0 N–H and O–H groups in total. The van der Waals surface area contributed by atoms with Gasteiger partial charge in [-0.25, -0.2) is 0 Å². The molecular weight excluding hydrogens is 310 g/mol. The lowest BCUT2D eigenvalue weighted by molar-refractivity contribution is 0.139. The average molecular weight is 352 g/mol. The van der Waals surface area contributed by atoms with Crippen LogP contribution in [0.15, 0.2) is 35.2 Å².